The molecule has 0 bridgehead atoms. The van der Waals surface area contributed by atoms with E-state index in [2.05, 4.69) is 15.9 Å². The van der Waals surface area contributed by atoms with Crippen LogP contribution in [0.2, 0.25) is 0 Å². The summed E-state index contributed by atoms with van der Waals surface area (Å²) >= 11 is 3.32. The lowest BCUT2D eigenvalue weighted by molar-refractivity contribution is -0.123. The van der Waals surface area contributed by atoms with Crippen molar-refractivity contribution in [1.29, 1.82) is 0 Å². The van der Waals surface area contributed by atoms with E-state index in [9.17, 15) is 13.2 Å². The van der Waals surface area contributed by atoms with Crippen LogP contribution in [0.15, 0.2) is 28.7 Å². The van der Waals surface area contributed by atoms with Gasteiger partial charge in [0, 0.05) is 4.47 Å². The van der Waals surface area contributed by atoms with Crippen LogP contribution in [0.25, 0.3) is 0 Å². The topological polar surface area (TPSA) is 63.2 Å². The highest BCUT2D eigenvalue weighted by atomic mass is 79.9. The fourth-order valence-corrected chi connectivity index (χ4v) is 2.30. The number of rotatable bonds is 3. The Bertz CT molecular complexity index is 537. The summed E-state index contributed by atoms with van der Waals surface area (Å²) in [6.07, 6.45) is 0.960. The molecule has 1 amide bonds. The Morgan fingerprint density at radius 1 is 1.35 bits per heavy atom. The monoisotopic (exact) mass is 319 g/mol. The van der Waals surface area contributed by atoms with E-state index in [0.717, 1.165) is 16.3 Å². The van der Waals surface area contributed by atoms with Gasteiger partial charge in [-0.25, -0.2) is 8.42 Å². The molecule has 6 heteroatoms. The van der Waals surface area contributed by atoms with Gasteiger partial charge in [0.15, 0.2) is 0 Å². The molecule has 1 N–H and O–H groups in total. The van der Waals surface area contributed by atoms with Crippen molar-refractivity contribution >= 4 is 31.9 Å². The standard InChI is InChI=1S/C11H14BrNO3S/c1-11(2,10(14)13-17(3,15)16)8-5-4-6-9(12)7-8/h4-7H,1-3H3,(H,13,14). The van der Waals surface area contributed by atoms with Crippen molar-refractivity contribution < 1.29 is 13.2 Å². The van der Waals surface area contributed by atoms with Gasteiger partial charge in [-0.05, 0) is 31.5 Å². The number of hydrogen-bond donors (Lipinski definition) is 1. The maximum absolute atomic E-state index is 11.9. The van der Waals surface area contributed by atoms with Crippen molar-refractivity contribution in [3.63, 3.8) is 0 Å². The quantitative estimate of drug-likeness (QED) is 0.924. The largest absolute Gasteiger partial charge is 0.273 e. The summed E-state index contributed by atoms with van der Waals surface area (Å²) in [5.74, 6) is -0.543. The number of sulfonamides is 1. The second kappa shape index (κ2) is 4.78. The highest BCUT2D eigenvalue weighted by Gasteiger charge is 2.31. The van der Waals surface area contributed by atoms with Crippen LogP contribution < -0.4 is 4.72 Å². The third-order valence-electron chi connectivity index (χ3n) is 2.39. The van der Waals surface area contributed by atoms with Crippen molar-refractivity contribution in [3.8, 4) is 0 Å². The van der Waals surface area contributed by atoms with Crippen molar-refractivity contribution in [2.24, 2.45) is 0 Å². The molecule has 0 unspecified atom stereocenters. The molecule has 0 heterocycles. The third-order valence-corrected chi connectivity index (χ3v) is 3.44. The Morgan fingerprint density at radius 2 is 1.94 bits per heavy atom. The van der Waals surface area contributed by atoms with E-state index < -0.39 is 21.3 Å². The molecule has 0 atom stereocenters. The molecule has 0 aromatic heterocycles. The molecule has 0 saturated heterocycles. The second-order valence-corrected chi connectivity index (χ2v) is 7.00. The molecule has 1 rings (SSSR count). The Hall–Kier alpha value is -0.880. The lowest BCUT2D eigenvalue weighted by atomic mass is 9.84. The summed E-state index contributed by atoms with van der Waals surface area (Å²) in [6, 6.07) is 7.22. The first kappa shape index (κ1) is 14.2. The number of amides is 1. The van der Waals surface area contributed by atoms with Crippen LogP contribution in [-0.4, -0.2) is 20.6 Å². The van der Waals surface area contributed by atoms with Crippen LogP contribution >= 0.6 is 15.9 Å². The summed E-state index contributed by atoms with van der Waals surface area (Å²) in [7, 11) is -3.54. The number of halogens is 1. The Kier molecular flexibility index (Phi) is 3.99. The smallest absolute Gasteiger partial charge is 0.243 e. The summed E-state index contributed by atoms with van der Waals surface area (Å²) in [5, 5.41) is 0. The van der Waals surface area contributed by atoms with Crippen LogP contribution in [0.3, 0.4) is 0 Å². The lowest BCUT2D eigenvalue weighted by Gasteiger charge is -2.23. The number of carbonyl (C=O) groups is 1. The van der Waals surface area contributed by atoms with Gasteiger partial charge in [0.05, 0.1) is 11.7 Å². The minimum absolute atomic E-state index is 0.543. The van der Waals surface area contributed by atoms with Gasteiger partial charge in [-0.15, -0.1) is 0 Å². The summed E-state index contributed by atoms with van der Waals surface area (Å²) in [5.41, 5.74) is -0.166. The van der Waals surface area contributed by atoms with Gasteiger partial charge < -0.3 is 0 Å². The van der Waals surface area contributed by atoms with Gasteiger partial charge in [0.2, 0.25) is 15.9 Å². The molecular formula is C11H14BrNO3S. The van der Waals surface area contributed by atoms with Gasteiger partial charge >= 0.3 is 0 Å². The maximum atomic E-state index is 11.9. The Balaban J connectivity index is 3.07. The molecule has 0 radical (unpaired) electrons. The van der Waals surface area contributed by atoms with Gasteiger partial charge in [-0.1, -0.05) is 28.1 Å². The molecule has 0 aliphatic heterocycles. The minimum Gasteiger partial charge on any atom is -0.273 e. The summed E-state index contributed by atoms with van der Waals surface area (Å²) in [4.78, 5) is 11.9. The van der Waals surface area contributed by atoms with Crippen molar-refractivity contribution in [2.45, 2.75) is 19.3 Å². The fraction of sp³-hybridized carbons (Fsp3) is 0.364. The first-order valence-electron chi connectivity index (χ1n) is 4.91. The molecule has 94 valence electrons. The van der Waals surface area contributed by atoms with E-state index >= 15 is 0 Å². The number of benzene rings is 1. The van der Waals surface area contributed by atoms with Crippen LogP contribution in [0, 0.1) is 0 Å². The van der Waals surface area contributed by atoms with Gasteiger partial charge in [0.1, 0.15) is 0 Å². The number of carbonyl (C=O) groups excluding carboxylic acids is 1. The lowest BCUT2D eigenvalue weighted by Crippen LogP contribution is -2.42. The van der Waals surface area contributed by atoms with Crippen molar-refractivity contribution in [2.75, 3.05) is 6.26 Å². The van der Waals surface area contributed by atoms with E-state index in [0.29, 0.717) is 0 Å². The number of nitrogens with one attached hydrogen (secondary N) is 1. The molecule has 0 aliphatic carbocycles. The van der Waals surface area contributed by atoms with Crippen LogP contribution in [-0.2, 0) is 20.2 Å². The van der Waals surface area contributed by atoms with E-state index in [1.165, 1.54) is 0 Å². The predicted octanol–water partition coefficient (Wildman–Crippen LogP) is 1.80. The molecule has 1 aromatic rings. The minimum atomic E-state index is -3.54. The molecule has 0 saturated carbocycles. The van der Waals surface area contributed by atoms with Crippen LogP contribution in [0.5, 0.6) is 0 Å². The highest BCUT2D eigenvalue weighted by molar-refractivity contribution is 9.10. The third kappa shape index (κ3) is 3.81. The first-order valence-corrected chi connectivity index (χ1v) is 7.59. The molecule has 17 heavy (non-hydrogen) atoms. The SMILES string of the molecule is CC(C)(C(=O)NS(C)(=O)=O)c1cccc(Br)c1. The number of hydrogen-bond acceptors (Lipinski definition) is 3. The predicted molar refractivity (Wildman–Crippen MR) is 70.2 cm³/mol. The summed E-state index contributed by atoms with van der Waals surface area (Å²) < 4.78 is 24.9. The van der Waals surface area contributed by atoms with Gasteiger partial charge in [-0.2, -0.15) is 0 Å². The van der Waals surface area contributed by atoms with Gasteiger partial charge in [-0.3, -0.25) is 9.52 Å². The highest BCUT2D eigenvalue weighted by Crippen LogP contribution is 2.26. The van der Waals surface area contributed by atoms with E-state index in [1.807, 2.05) is 10.8 Å². The zero-order valence-electron chi connectivity index (χ0n) is 9.82. The average Bonchev–Trinajstić information content (AvgIpc) is 2.15. The van der Waals surface area contributed by atoms with Gasteiger partial charge in [0.25, 0.3) is 0 Å². The van der Waals surface area contributed by atoms with E-state index in [1.54, 1.807) is 32.0 Å². The van der Waals surface area contributed by atoms with Crippen LogP contribution in [0.4, 0.5) is 0 Å². The Labute approximate surface area is 110 Å². The van der Waals surface area contributed by atoms with Crippen molar-refractivity contribution in [3.05, 3.63) is 34.3 Å². The average molecular weight is 320 g/mol. The molecule has 1 aromatic carbocycles. The van der Waals surface area contributed by atoms with Crippen molar-refractivity contribution in [1.82, 2.24) is 4.72 Å². The molecule has 4 nitrogen and oxygen atoms in total. The van der Waals surface area contributed by atoms with E-state index in [4.69, 9.17) is 0 Å². The summed E-state index contributed by atoms with van der Waals surface area (Å²) in [6.45, 7) is 3.35. The Morgan fingerprint density at radius 3 is 2.41 bits per heavy atom. The zero-order valence-corrected chi connectivity index (χ0v) is 12.2. The molecule has 0 aliphatic rings. The van der Waals surface area contributed by atoms with E-state index in [-0.39, 0.29) is 0 Å². The second-order valence-electron chi connectivity index (χ2n) is 4.34. The zero-order chi connectivity index (χ0) is 13.3. The van der Waals surface area contributed by atoms with Crippen LogP contribution in [0.1, 0.15) is 19.4 Å². The molecule has 0 fully saturated rings. The maximum Gasteiger partial charge on any atom is 0.243 e. The molecular weight excluding hydrogens is 306 g/mol. The first-order chi connectivity index (χ1) is 7.63. The molecule has 0 spiro atoms. The normalized spacial score (nSPS) is 12.2. The fourth-order valence-electron chi connectivity index (χ4n) is 1.30.